The normalized spacial score (nSPS) is 14.6. The number of aliphatic imine (C=N–C) groups is 1. The summed E-state index contributed by atoms with van der Waals surface area (Å²) < 4.78 is 0. The molecule has 406 valence electrons. The van der Waals surface area contributed by atoms with Gasteiger partial charge in [0, 0.05) is 13.0 Å². The second-order valence-corrected chi connectivity index (χ2v) is 18.0. The predicted octanol–water partition coefficient (Wildman–Crippen LogP) is -4.47. The third-order valence-corrected chi connectivity index (χ3v) is 10.4. The highest BCUT2D eigenvalue weighted by Crippen LogP contribution is 2.10. The monoisotopic (exact) mass is 1030 g/mol. The fourth-order valence-corrected chi connectivity index (χ4v) is 6.77. The van der Waals surface area contributed by atoms with Crippen molar-refractivity contribution < 1.29 is 72.9 Å². The molecule has 0 aliphatic heterocycles. The highest BCUT2D eigenvalue weighted by molar-refractivity contribution is 5.99. The van der Waals surface area contributed by atoms with Gasteiger partial charge in [-0.05, 0) is 56.9 Å². The van der Waals surface area contributed by atoms with Crippen LogP contribution in [0.25, 0.3) is 0 Å². The molecule has 0 aliphatic carbocycles. The van der Waals surface area contributed by atoms with E-state index in [-0.39, 0.29) is 56.4 Å². The summed E-state index contributed by atoms with van der Waals surface area (Å²) in [5.41, 5.74) is 22.5. The van der Waals surface area contributed by atoms with Gasteiger partial charge in [0.2, 0.25) is 53.2 Å². The summed E-state index contributed by atoms with van der Waals surface area (Å²) in [7, 11) is 0. The van der Waals surface area contributed by atoms with Crippen molar-refractivity contribution in [3.63, 3.8) is 0 Å². The minimum absolute atomic E-state index is 0.0330. The van der Waals surface area contributed by atoms with Gasteiger partial charge in [-0.25, -0.2) is 4.79 Å². The number of hydrogen-bond donors (Lipinski definition) is 15. The zero-order chi connectivity index (χ0) is 55.7. The molecule has 1 rings (SSSR count). The molecule has 0 fully saturated rings. The zero-order valence-corrected chi connectivity index (χ0v) is 41.6. The van der Waals surface area contributed by atoms with E-state index < -0.39 is 145 Å². The molecule has 0 unspecified atom stereocenters. The number of carbonyl (C=O) groups excluding carboxylic acids is 9. The largest absolute Gasteiger partial charge is 0.481 e. The second-order valence-electron chi connectivity index (χ2n) is 18.0. The maximum absolute atomic E-state index is 13.7. The fraction of sp³-hybridized carbons (Fsp3) is 0.578. The van der Waals surface area contributed by atoms with Crippen molar-refractivity contribution in [2.75, 3.05) is 6.54 Å². The number of amides is 9. The Labute approximate surface area is 421 Å². The Morgan fingerprint density at radius 1 is 0.493 bits per heavy atom. The van der Waals surface area contributed by atoms with Crippen LogP contribution in [0.1, 0.15) is 92.1 Å². The summed E-state index contributed by atoms with van der Waals surface area (Å²) in [6.07, 6.45) is -2.96. The Morgan fingerprint density at radius 3 is 1.34 bits per heavy atom. The molecule has 9 atom stereocenters. The molecule has 28 heteroatoms. The van der Waals surface area contributed by atoms with Gasteiger partial charge < -0.3 is 80.8 Å². The maximum Gasteiger partial charge on any atom is 0.326 e. The van der Waals surface area contributed by atoms with Crippen LogP contribution in [-0.4, -0.2) is 153 Å². The van der Waals surface area contributed by atoms with Gasteiger partial charge in [-0.2, -0.15) is 0 Å². The molecular weight excluding hydrogens is 963 g/mol. The summed E-state index contributed by atoms with van der Waals surface area (Å²) in [4.78, 5) is 158. The molecule has 0 aliphatic rings. The number of carbonyl (C=O) groups is 12. The molecule has 0 heterocycles. The number of hydrogen-bond acceptors (Lipinski definition) is 14. The van der Waals surface area contributed by atoms with Crippen molar-refractivity contribution in [2.45, 2.75) is 147 Å². The standard InChI is InChI=1S/C45H71N13O15/c1-21(2)15-26(46)38(66)54-30(19-34(60)61)42(70)56-29(18-33(47)59)41(69)55-28(16-22(3)4)40(68)52-23(5)36(64)51-24(6)37(65)53-27(13-10-14-50-45(48)49)39(67)57-31(20-35(62)63)43(71)58-32(44(72)73)17-25-11-8-7-9-12-25/h7-9,11-12,21-24,26-32H,10,13-20,46H2,1-6H3,(H2,47,59)(H,51,64)(H,52,68)(H,53,65)(H,54,66)(H,55,69)(H,56,70)(H,57,67)(H,58,71)(H,60,61)(H,62,63)(H,72,73)(H4,48,49,50)/t23-,24-,26-,27-,28-,29-,30-,31-,32-/m0/s1. The van der Waals surface area contributed by atoms with E-state index in [1.807, 2.05) is 0 Å². The van der Waals surface area contributed by atoms with Crippen LogP contribution in [0.4, 0.5) is 0 Å². The van der Waals surface area contributed by atoms with E-state index >= 15 is 0 Å². The van der Waals surface area contributed by atoms with E-state index in [1.54, 1.807) is 58.0 Å². The average Bonchev–Trinajstić information content (AvgIpc) is 3.27. The molecular formula is C45H71N13O15. The lowest BCUT2D eigenvalue weighted by Gasteiger charge is -2.27. The van der Waals surface area contributed by atoms with Crippen molar-refractivity contribution >= 4 is 77.0 Å². The molecule has 19 N–H and O–H groups in total. The van der Waals surface area contributed by atoms with E-state index in [0.29, 0.717) is 5.56 Å². The molecule has 0 bridgehead atoms. The van der Waals surface area contributed by atoms with Gasteiger partial charge in [0.15, 0.2) is 5.96 Å². The molecule has 1 aromatic carbocycles. The quantitative estimate of drug-likeness (QED) is 0.0179. The molecule has 0 saturated heterocycles. The van der Waals surface area contributed by atoms with Crippen LogP contribution in [0.2, 0.25) is 0 Å². The molecule has 0 saturated carbocycles. The van der Waals surface area contributed by atoms with Crippen molar-refractivity contribution in [2.24, 2.45) is 39.8 Å². The van der Waals surface area contributed by atoms with Crippen molar-refractivity contribution in [3.05, 3.63) is 35.9 Å². The summed E-state index contributed by atoms with van der Waals surface area (Å²) in [5.74, 6) is -14.4. The first-order chi connectivity index (χ1) is 34.0. The Hall–Kier alpha value is -7.91. The minimum Gasteiger partial charge on any atom is -0.481 e. The smallest absolute Gasteiger partial charge is 0.326 e. The number of nitrogens with one attached hydrogen (secondary N) is 8. The Morgan fingerprint density at radius 2 is 0.890 bits per heavy atom. The van der Waals surface area contributed by atoms with Gasteiger partial charge in [-0.15, -0.1) is 0 Å². The van der Waals surface area contributed by atoms with Crippen LogP contribution < -0.4 is 65.5 Å². The highest BCUT2D eigenvalue weighted by atomic mass is 16.4. The Kier molecular flexibility index (Phi) is 27.2. The maximum atomic E-state index is 13.7. The lowest BCUT2D eigenvalue weighted by Crippen LogP contribution is -2.60. The van der Waals surface area contributed by atoms with Crippen LogP contribution in [0.5, 0.6) is 0 Å². The first-order valence-corrected chi connectivity index (χ1v) is 23.2. The predicted molar refractivity (Wildman–Crippen MR) is 260 cm³/mol. The molecule has 1 aromatic rings. The van der Waals surface area contributed by atoms with Crippen molar-refractivity contribution in [3.8, 4) is 0 Å². The summed E-state index contributed by atoms with van der Waals surface area (Å²) in [6, 6.07) is -5.57. The Balaban J connectivity index is 3.22. The lowest BCUT2D eigenvalue weighted by atomic mass is 10.0. The van der Waals surface area contributed by atoms with Crippen molar-refractivity contribution in [1.29, 1.82) is 0 Å². The van der Waals surface area contributed by atoms with Gasteiger partial charge in [0.25, 0.3) is 0 Å². The molecule has 0 spiro atoms. The first kappa shape index (κ1) is 63.1. The molecule has 73 heavy (non-hydrogen) atoms. The number of benzene rings is 1. The van der Waals surface area contributed by atoms with Gasteiger partial charge in [0.05, 0.1) is 25.3 Å². The SMILES string of the molecule is CC(C)C[C@H](NC(=O)[C@H](CC(N)=O)NC(=O)[C@H](CC(=O)O)NC(=O)[C@@H](N)CC(C)C)C(=O)N[C@@H](C)C(=O)N[C@@H](C)C(=O)N[C@@H](CCCN=C(N)N)C(=O)N[C@@H](CC(=O)O)C(=O)N[C@@H](Cc1ccccc1)C(=O)O. The van der Waals surface area contributed by atoms with Gasteiger partial charge >= 0.3 is 17.9 Å². The summed E-state index contributed by atoms with van der Waals surface area (Å²) >= 11 is 0. The third-order valence-electron chi connectivity index (χ3n) is 10.4. The molecule has 9 amide bonds. The van der Waals surface area contributed by atoms with E-state index in [0.717, 1.165) is 0 Å². The van der Waals surface area contributed by atoms with Gasteiger partial charge in [-0.1, -0.05) is 58.0 Å². The third kappa shape index (κ3) is 25.2. The van der Waals surface area contributed by atoms with Crippen LogP contribution in [-0.2, 0) is 64.0 Å². The molecule has 0 aromatic heterocycles. The topological polar surface area (TPSA) is 478 Å². The minimum atomic E-state index is -1.83. The zero-order valence-electron chi connectivity index (χ0n) is 41.6. The average molecular weight is 1030 g/mol. The van der Waals surface area contributed by atoms with Gasteiger partial charge in [-0.3, -0.25) is 57.7 Å². The van der Waals surface area contributed by atoms with Crippen molar-refractivity contribution in [1.82, 2.24) is 42.5 Å². The highest BCUT2D eigenvalue weighted by Gasteiger charge is 2.35. The number of primary amides is 1. The fourth-order valence-electron chi connectivity index (χ4n) is 6.77. The molecule has 0 radical (unpaired) electrons. The number of carboxylic acids is 3. The van der Waals surface area contributed by atoms with E-state index in [1.165, 1.54) is 13.8 Å². The Bertz CT molecular complexity index is 2150. The van der Waals surface area contributed by atoms with Crippen LogP contribution >= 0.6 is 0 Å². The number of carboxylic acid groups (broad SMARTS) is 3. The lowest BCUT2D eigenvalue weighted by molar-refractivity contribution is -0.144. The van der Waals surface area contributed by atoms with E-state index in [4.69, 9.17) is 22.9 Å². The number of nitrogens with two attached hydrogens (primary N) is 4. The number of nitrogens with zero attached hydrogens (tertiary/aromatic N) is 1. The number of guanidine groups is 1. The van der Waals surface area contributed by atoms with Crippen LogP contribution in [0.3, 0.4) is 0 Å². The van der Waals surface area contributed by atoms with Crippen LogP contribution in [0.15, 0.2) is 35.3 Å². The van der Waals surface area contributed by atoms with E-state index in [2.05, 4.69) is 47.5 Å². The first-order valence-electron chi connectivity index (χ1n) is 23.2. The van der Waals surface area contributed by atoms with Crippen LogP contribution in [0, 0.1) is 11.8 Å². The molecule has 28 nitrogen and oxygen atoms in total. The van der Waals surface area contributed by atoms with Gasteiger partial charge in [0.1, 0.15) is 48.3 Å². The van der Waals surface area contributed by atoms with E-state index in [9.17, 15) is 72.9 Å². The number of rotatable bonds is 33. The second kappa shape index (κ2) is 31.4. The number of aliphatic carboxylic acids is 3. The summed E-state index contributed by atoms with van der Waals surface area (Å²) in [6.45, 7) is 9.35. The summed E-state index contributed by atoms with van der Waals surface area (Å²) in [5, 5.41) is 47.3.